The van der Waals surface area contributed by atoms with Gasteiger partial charge in [0.15, 0.2) is 0 Å². The first-order chi connectivity index (χ1) is 19.8. The average molecular weight is 551 g/mol. The fraction of sp³-hybridized carbons (Fsp3) is 0.667. The number of hydrazine groups is 2. The predicted molar refractivity (Wildman–Crippen MR) is 176 cm³/mol. The van der Waals surface area contributed by atoms with Gasteiger partial charge in [-0.25, -0.2) is 10.9 Å². The van der Waals surface area contributed by atoms with Crippen molar-refractivity contribution in [1.29, 1.82) is 0 Å². The Bertz CT molecular complexity index is 691. The second-order valence-corrected chi connectivity index (χ2v) is 11.5. The summed E-state index contributed by atoms with van der Waals surface area (Å²) in [5.41, 5.74) is 9.66. The number of hydrogen-bond donors (Lipinski definition) is 2. The SMILES string of the molecule is CCCCCCCCNN1C=CC(=CCCCCCCCCC=C2C=CN(NCCCCCCCC)C=C2)C=C1. The maximum Gasteiger partial charge on any atom is 0.0214 e. The molecule has 2 heterocycles. The molecule has 2 aliphatic rings. The minimum Gasteiger partial charge on any atom is -0.291 e. The van der Waals surface area contributed by atoms with Crippen molar-refractivity contribution in [3.63, 3.8) is 0 Å². The molecule has 0 saturated carbocycles. The summed E-state index contributed by atoms with van der Waals surface area (Å²) in [4.78, 5) is 0. The Balaban J connectivity index is 1.39. The molecule has 4 heteroatoms. The number of nitrogens with one attached hydrogen (secondary N) is 2. The largest absolute Gasteiger partial charge is 0.291 e. The van der Waals surface area contributed by atoms with Crippen LogP contribution < -0.4 is 10.9 Å². The van der Waals surface area contributed by atoms with E-state index in [1.54, 1.807) is 0 Å². The summed E-state index contributed by atoms with van der Waals surface area (Å²) in [6, 6.07) is 0. The quantitative estimate of drug-likeness (QED) is 0.111. The molecule has 0 aromatic carbocycles. The zero-order chi connectivity index (χ0) is 28.4. The maximum atomic E-state index is 3.49. The Labute approximate surface area is 248 Å². The van der Waals surface area contributed by atoms with Crippen LogP contribution in [0, 0.1) is 0 Å². The molecule has 226 valence electrons. The van der Waals surface area contributed by atoms with Gasteiger partial charge in [-0.05, 0) is 74.0 Å². The Hall–Kier alpha value is -2.04. The van der Waals surface area contributed by atoms with Crippen LogP contribution in [0.2, 0.25) is 0 Å². The van der Waals surface area contributed by atoms with Gasteiger partial charge in [0.25, 0.3) is 0 Å². The van der Waals surface area contributed by atoms with Crippen molar-refractivity contribution in [3.05, 3.63) is 72.4 Å². The van der Waals surface area contributed by atoms with E-state index in [1.165, 1.54) is 140 Å². The Morgan fingerprint density at radius 2 is 0.775 bits per heavy atom. The van der Waals surface area contributed by atoms with E-state index in [9.17, 15) is 0 Å². The van der Waals surface area contributed by atoms with E-state index >= 15 is 0 Å². The van der Waals surface area contributed by atoms with Gasteiger partial charge < -0.3 is 0 Å². The highest BCUT2D eigenvalue weighted by molar-refractivity contribution is 5.33. The number of allylic oxidation sites excluding steroid dienone is 8. The summed E-state index contributed by atoms with van der Waals surface area (Å²) in [6.45, 7) is 6.66. The molecule has 0 aromatic rings. The Kier molecular flexibility index (Phi) is 21.1. The van der Waals surface area contributed by atoms with Gasteiger partial charge in [0.05, 0.1) is 0 Å². The van der Waals surface area contributed by atoms with E-state index < -0.39 is 0 Å². The second-order valence-electron chi connectivity index (χ2n) is 11.5. The molecular weight excluding hydrogens is 488 g/mol. The van der Waals surface area contributed by atoms with Gasteiger partial charge >= 0.3 is 0 Å². The first-order valence-corrected chi connectivity index (χ1v) is 17.0. The fourth-order valence-corrected chi connectivity index (χ4v) is 5.12. The van der Waals surface area contributed by atoms with Gasteiger partial charge in [-0.1, -0.05) is 116 Å². The third-order valence-corrected chi connectivity index (χ3v) is 7.78. The lowest BCUT2D eigenvalue weighted by Crippen LogP contribution is -2.30. The monoisotopic (exact) mass is 550 g/mol. The van der Waals surface area contributed by atoms with Gasteiger partial charge in [-0.15, -0.1) is 0 Å². The zero-order valence-corrected chi connectivity index (χ0v) is 26.2. The summed E-state index contributed by atoms with van der Waals surface area (Å²) in [5.74, 6) is 0. The van der Waals surface area contributed by atoms with Crippen molar-refractivity contribution in [2.75, 3.05) is 13.1 Å². The van der Waals surface area contributed by atoms with Crippen molar-refractivity contribution < 1.29 is 0 Å². The average Bonchev–Trinajstić information content (AvgIpc) is 2.98. The van der Waals surface area contributed by atoms with E-state index in [0.29, 0.717) is 0 Å². The zero-order valence-electron chi connectivity index (χ0n) is 26.2. The lowest BCUT2D eigenvalue weighted by molar-refractivity contribution is 0.355. The summed E-state index contributed by atoms with van der Waals surface area (Å²) < 4.78 is 0. The molecule has 0 atom stereocenters. The molecule has 0 fully saturated rings. The molecule has 0 saturated heterocycles. The highest BCUT2D eigenvalue weighted by Gasteiger charge is 2.01. The molecule has 2 rings (SSSR count). The van der Waals surface area contributed by atoms with Crippen LogP contribution in [0.3, 0.4) is 0 Å². The van der Waals surface area contributed by atoms with E-state index in [4.69, 9.17) is 0 Å². The number of hydrogen-bond acceptors (Lipinski definition) is 4. The summed E-state index contributed by atoms with van der Waals surface area (Å²) in [5, 5.41) is 4.20. The molecule has 40 heavy (non-hydrogen) atoms. The maximum absolute atomic E-state index is 3.49. The van der Waals surface area contributed by atoms with Crippen LogP contribution in [0.4, 0.5) is 0 Å². The molecule has 2 aliphatic heterocycles. The van der Waals surface area contributed by atoms with Crippen molar-refractivity contribution >= 4 is 0 Å². The number of nitrogens with zero attached hydrogens (tertiary/aromatic N) is 2. The molecule has 4 nitrogen and oxygen atoms in total. The second kappa shape index (κ2) is 24.7. The van der Waals surface area contributed by atoms with E-state index in [-0.39, 0.29) is 0 Å². The van der Waals surface area contributed by atoms with Crippen molar-refractivity contribution in [1.82, 2.24) is 20.9 Å². The van der Waals surface area contributed by atoms with Crippen LogP contribution in [0.5, 0.6) is 0 Å². The molecule has 0 bridgehead atoms. The molecule has 2 N–H and O–H groups in total. The normalized spacial score (nSPS) is 14.6. The fourth-order valence-electron chi connectivity index (χ4n) is 5.12. The van der Waals surface area contributed by atoms with Gasteiger partial charge in [-0.3, -0.25) is 10.0 Å². The van der Waals surface area contributed by atoms with E-state index in [0.717, 1.165) is 13.1 Å². The third kappa shape index (κ3) is 18.3. The molecule has 0 aromatic heterocycles. The van der Waals surface area contributed by atoms with Crippen LogP contribution >= 0.6 is 0 Å². The van der Waals surface area contributed by atoms with Crippen LogP contribution in [-0.4, -0.2) is 23.1 Å². The smallest absolute Gasteiger partial charge is 0.0214 e. The minimum absolute atomic E-state index is 1.06. The van der Waals surface area contributed by atoms with Gasteiger partial charge in [0.1, 0.15) is 0 Å². The summed E-state index contributed by atoms with van der Waals surface area (Å²) in [6.07, 6.45) is 48.8. The highest BCUT2D eigenvalue weighted by Crippen LogP contribution is 2.15. The van der Waals surface area contributed by atoms with Crippen LogP contribution in [0.1, 0.15) is 142 Å². The van der Waals surface area contributed by atoms with Crippen molar-refractivity contribution in [3.8, 4) is 0 Å². The van der Waals surface area contributed by atoms with Gasteiger partial charge in [-0.2, -0.15) is 0 Å². The van der Waals surface area contributed by atoms with Crippen molar-refractivity contribution in [2.24, 2.45) is 0 Å². The molecule has 0 aliphatic carbocycles. The van der Waals surface area contributed by atoms with E-state index in [2.05, 4.69) is 96.0 Å². The number of rotatable bonds is 25. The standard InChI is InChI=1S/C36H62N4/c1-3-5-7-9-17-21-29-37-39-31-25-35(26-32-39)23-19-15-13-11-12-14-16-20-24-36-27-33-40(34-28-36)38-30-22-18-10-8-6-4-2/h23-28,31-34,37-38H,3-22,29-30H2,1-2H3. The van der Waals surface area contributed by atoms with Crippen LogP contribution in [-0.2, 0) is 0 Å². The molecule has 0 amide bonds. The van der Waals surface area contributed by atoms with Crippen LogP contribution in [0.15, 0.2) is 72.4 Å². The Morgan fingerprint density at radius 1 is 0.450 bits per heavy atom. The molecule has 0 radical (unpaired) electrons. The predicted octanol–water partition coefficient (Wildman–Crippen LogP) is 10.4. The highest BCUT2D eigenvalue weighted by atomic mass is 15.5. The lowest BCUT2D eigenvalue weighted by atomic mass is 10.1. The first-order valence-electron chi connectivity index (χ1n) is 17.0. The van der Waals surface area contributed by atoms with Gasteiger partial charge in [0.2, 0.25) is 0 Å². The third-order valence-electron chi connectivity index (χ3n) is 7.78. The Morgan fingerprint density at radius 3 is 1.15 bits per heavy atom. The topological polar surface area (TPSA) is 30.5 Å². The first kappa shape index (κ1) is 34.2. The lowest BCUT2D eigenvalue weighted by Gasteiger charge is -2.20. The molecule has 0 spiro atoms. The summed E-state index contributed by atoms with van der Waals surface area (Å²) in [7, 11) is 0. The van der Waals surface area contributed by atoms with Crippen molar-refractivity contribution in [2.45, 2.75) is 142 Å². The van der Waals surface area contributed by atoms with E-state index in [1.807, 2.05) is 0 Å². The summed E-state index contributed by atoms with van der Waals surface area (Å²) >= 11 is 0. The van der Waals surface area contributed by atoms with Gasteiger partial charge in [0, 0.05) is 37.9 Å². The number of unbranched alkanes of at least 4 members (excludes halogenated alkanes) is 17. The van der Waals surface area contributed by atoms with Crippen LogP contribution in [0.25, 0.3) is 0 Å². The molecular formula is C36H62N4. The molecule has 0 unspecified atom stereocenters. The minimum atomic E-state index is 1.06.